The van der Waals surface area contributed by atoms with Crippen LogP contribution in [0.3, 0.4) is 0 Å². The average Bonchev–Trinajstić information content (AvgIpc) is 2.64. The van der Waals surface area contributed by atoms with Crippen molar-refractivity contribution < 1.29 is 9.59 Å². The van der Waals surface area contributed by atoms with Crippen molar-refractivity contribution in [2.45, 2.75) is 6.42 Å². The van der Waals surface area contributed by atoms with Gasteiger partial charge in [0.1, 0.15) is 6.54 Å². The molecule has 2 amide bonds. The summed E-state index contributed by atoms with van der Waals surface area (Å²) in [7, 11) is 0. The molecular weight excluding hydrogens is 302 g/mol. The van der Waals surface area contributed by atoms with Crippen molar-refractivity contribution in [1.29, 1.82) is 5.26 Å². The summed E-state index contributed by atoms with van der Waals surface area (Å²) in [4.78, 5) is 25.7. The van der Waals surface area contributed by atoms with Gasteiger partial charge in [0.05, 0.1) is 12.6 Å². The molecule has 0 atom stereocenters. The minimum atomic E-state index is -0.302. The third kappa shape index (κ3) is 5.25. The standard InChI is InChI=1S/C19H19N3O2/c20-12-14-22(13-11-16-7-3-1-4-8-16)18(23)15-21-19(24)17-9-5-2-6-10-17/h1-10H,11,13-15H2,(H,21,24). The van der Waals surface area contributed by atoms with Gasteiger partial charge in [0, 0.05) is 12.1 Å². The van der Waals surface area contributed by atoms with Crippen molar-refractivity contribution in [3.8, 4) is 6.07 Å². The summed E-state index contributed by atoms with van der Waals surface area (Å²) < 4.78 is 0. The minimum absolute atomic E-state index is 0.00682. The zero-order valence-electron chi connectivity index (χ0n) is 13.3. The van der Waals surface area contributed by atoms with Crippen LogP contribution in [-0.4, -0.2) is 36.3 Å². The quantitative estimate of drug-likeness (QED) is 0.793. The van der Waals surface area contributed by atoms with Crippen LogP contribution in [-0.2, 0) is 11.2 Å². The van der Waals surface area contributed by atoms with Gasteiger partial charge in [-0.05, 0) is 24.1 Å². The lowest BCUT2D eigenvalue weighted by molar-refractivity contribution is -0.129. The van der Waals surface area contributed by atoms with Crippen LogP contribution in [0.5, 0.6) is 0 Å². The van der Waals surface area contributed by atoms with Gasteiger partial charge >= 0.3 is 0 Å². The van der Waals surface area contributed by atoms with Gasteiger partial charge in [-0.25, -0.2) is 0 Å². The van der Waals surface area contributed by atoms with E-state index in [4.69, 9.17) is 5.26 Å². The fourth-order valence-electron chi connectivity index (χ4n) is 2.25. The molecule has 2 rings (SSSR count). The largest absolute Gasteiger partial charge is 0.343 e. The normalized spacial score (nSPS) is 9.79. The maximum Gasteiger partial charge on any atom is 0.251 e. The first-order chi connectivity index (χ1) is 11.7. The average molecular weight is 321 g/mol. The zero-order chi connectivity index (χ0) is 17.2. The first-order valence-electron chi connectivity index (χ1n) is 7.72. The van der Waals surface area contributed by atoms with Crippen molar-refractivity contribution in [2.75, 3.05) is 19.6 Å². The first kappa shape index (κ1) is 17.2. The Morgan fingerprint density at radius 3 is 2.25 bits per heavy atom. The summed E-state index contributed by atoms with van der Waals surface area (Å²) in [6.07, 6.45) is 0.668. The predicted molar refractivity (Wildman–Crippen MR) is 91.1 cm³/mol. The van der Waals surface area contributed by atoms with Gasteiger partial charge in [0.15, 0.2) is 0 Å². The van der Waals surface area contributed by atoms with Crippen molar-refractivity contribution in [2.24, 2.45) is 0 Å². The van der Waals surface area contributed by atoms with Crippen LogP contribution in [0.1, 0.15) is 15.9 Å². The molecule has 0 saturated heterocycles. The highest BCUT2D eigenvalue weighted by atomic mass is 16.2. The monoisotopic (exact) mass is 321 g/mol. The van der Waals surface area contributed by atoms with Crippen molar-refractivity contribution in [3.05, 3.63) is 71.8 Å². The Kier molecular flexibility index (Phi) is 6.54. The van der Waals surface area contributed by atoms with Crippen LogP contribution in [0.4, 0.5) is 0 Å². The van der Waals surface area contributed by atoms with E-state index in [9.17, 15) is 9.59 Å². The summed E-state index contributed by atoms with van der Waals surface area (Å²) in [5.41, 5.74) is 1.60. The van der Waals surface area contributed by atoms with Crippen LogP contribution >= 0.6 is 0 Å². The van der Waals surface area contributed by atoms with Gasteiger partial charge in [-0.15, -0.1) is 0 Å². The van der Waals surface area contributed by atoms with Crippen molar-refractivity contribution in [3.63, 3.8) is 0 Å². The highest BCUT2D eigenvalue weighted by Crippen LogP contribution is 2.02. The van der Waals surface area contributed by atoms with Crippen LogP contribution in [0, 0.1) is 11.3 Å². The van der Waals surface area contributed by atoms with E-state index in [1.807, 2.05) is 42.5 Å². The summed E-state index contributed by atoms with van der Waals surface area (Å²) in [6.45, 7) is 0.328. The number of rotatable bonds is 7. The van der Waals surface area contributed by atoms with E-state index in [-0.39, 0.29) is 24.9 Å². The summed E-state index contributed by atoms with van der Waals surface area (Å²) in [5.74, 6) is -0.569. The summed E-state index contributed by atoms with van der Waals surface area (Å²) in [6, 6.07) is 20.5. The van der Waals surface area contributed by atoms with E-state index in [1.165, 1.54) is 4.90 Å². The third-order valence-corrected chi connectivity index (χ3v) is 3.56. The molecule has 122 valence electrons. The number of carbonyl (C=O) groups excluding carboxylic acids is 2. The molecule has 0 radical (unpaired) electrons. The van der Waals surface area contributed by atoms with E-state index in [2.05, 4.69) is 5.32 Å². The van der Waals surface area contributed by atoms with Gasteiger partial charge in [-0.3, -0.25) is 9.59 Å². The summed E-state index contributed by atoms with van der Waals surface area (Å²) >= 11 is 0. The molecule has 0 bridgehead atoms. The zero-order valence-corrected chi connectivity index (χ0v) is 13.3. The number of benzene rings is 2. The molecule has 0 unspecified atom stereocenters. The van der Waals surface area contributed by atoms with Gasteiger partial charge in [-0.2, -0.15) is 5.26 Å². The molecule has 0 aromatic heterocycles. The Labute approximate surface area is 141 Å². The maximum absolute atomic E-state index is 12.3. The molecule has 5 nitrogen and oxygen atoms in total. The molecule has 0 heterocycles. The highest BCUT2D eigenvalue weighted by Gasteiger charge is 2.14. The Morgan fingerprint density at radius 2 is 1.62 bits per heavy atom. The molecule has 2 aromatic carbocycles. The number of nitriles is 1. The topological polar surface area (TPSA) is 73.2 Å². The van der Waals surface area contributed by atoms with Gasteiger partial charge in [0.2, 0.25) is 5.91 Å². The Morgan fingerprint density at radius 1 is 1.00 bits per heavy atom. The lowest BCUT2D eigenvalue weighted by atomic mass is 10.1. The minimum Gasteiger partial charge on any atom is -0.343 e. The molecule has 24 heavy (non-hydrogen) atoms. The number of nitrogens with zero attached hydrogens (tertiary/aromatic N) is 2. The predicted octanol–water partition coefficient (Wildman–Crippen LogP) is 2.01. The Hall–Kier alpha value is -3.13. The third-order valence-electron chi connectivity index (χ3n) is 3.56. The molecule has 2 aromatic rings. The second-order valence-electron chi connectivity index (χ2n) is 5.26. The second kappa shape index (κ2) is 9.11. The van der Waals surface area contributed by atoms with Crippen molar-refractivity contribution >= 4 is 11.8 Å². The van der Waals surface area contributed by atoms with E-state index in [0.717, 1.165) is 5.56 Å². The molecule has 0 saturated carbocycles. The number of nitrogens with one attached hydrogen (secondary N) is 1. The first-order valence-corrected chi connectivity index (χ1v) is 7.72. The van der Waals surface area contributed by atoms with Gasteiger partial charge in [0.25, 0.3) is 5.91 Å². The molecule has 0 fully saturated rings. The molecule has 0 spiro atoms. The highest BCUT2D eigenvalue weighted by molar-refractivity contribution is 5.96. The maximum atomic E-state index is 12.3. The van der Waals surface area contributed by atoms with Crippen LogP contribution < -0.4 is 5.32 Å². The molecule has 0 aliphatic heterocycles. The lowest BCUT2D eigenvalue weighted by Gasteiger charge is -2.20. The van der Waals surface area contributed by atoms with Gasteiger partial charge < -0.3 is 10.2 Å². The molecule has 0 aliphatic carbocycles. The fraction of sp³-hybridized carbons (Fsp3) is 0.211. The van der Waals surface area contributed by atoms with E-state index >= 15 is 0 Å². The van der Waals surface area contributed by atoms with Crippen LogP contribution in [0.15, 0.2) is 60.7 Å². The molecule has 1 N–H and O–H groups in total. The van der Waals surface area contributed by atoms with Crippen LogP contribution in [0.25, 0.3) is 0 Å². The van der Waals surface area contributed by atoms with E-state index in [1.54, 1.807) is 24.3 Å². The SMILES string of the molecule is N#CCN(CCc1ccccc1)C(=O)CNC(=O)c1ccccc1. The second-order valence-corrected chi connectivity index (χ2v) is 5.26. The smallest absolute Gasteiger partial charge is 0.251 e. The number of hydrogen-bond acceptors (Lipinski definition) is 3. The number of hydrogen-bond donors (Lipinski definition) is 1. The fourth-order valence-corrected chi connectivity index (χ4v) is 2.25. The lowest BCUT2D eigenvalue weighted by Crippen LogP contribution is -2.41. The van der Waals surface area contributed by atoms with Gasteiger partial charge in [-0.1, -0.05) is 48.5 Å². The van der Waals surface area contributed by atoms with Crippen LogP contribution in [0.2, 0.25) is 0 Å². The molecular formula is C19H19N3O2. The van der Waals surface area contributed by atoms with E-state index in [0.29, 0.717) is 18.5 Å². The van der Waals surface area contributed by atoms with Crippen molar-refractivity contribution in [1.82, 2.24) is 10.2 Å². The van der Waals surface area contributed by atoms with E-state index < -0.39 is 0 Å². The Balaban J connectivity index is 1.87. The molecule has 0 aliphatic rings. The number of amides is 2. The summed E-state index contributed by atoms with van der Waals surface area (Å²) in [5, 5.41) is 11.5. The number of carbonyl (C=O) groups is 2. The molecule has 5 heteroatoms. The Bertz CT molecular complexity index is 708.